The van der Waals surface area contributed by atoms with Crippen LogP contribution in [0.2, 0.25) is 0 Å². The van der Waals surface area contributed by atoms with Gasteiger partial charge >= 0.3 is 5.97 Å². The summed E-state index contributed by atoms with van der Waals surface area (Å²) < 4.78 is 0. The summed E-state index contributed by atoms with van der Waals surface area (Å²) >= 11 is 0. The lowest BCUT2D eigenvalue weighted by Crippen LogP contribution is -2.23. The van der Waals surface area contributed by atoms with E-state index in [0.717, 1.165) is 6.54 Å². The fraction of sp³-hybridized carbons (Fsp3) is 0.222. The van der Waals surface area contributed by atoms with Crippen molar-refractivity contribution < 1.29 is 9.90 Å². The topological polar surface area (TPSA) is 74.6 Å². The largest absolute Gasteiger partial charge is 0.478 e. The summed E-state index contributed by atoms with van der Waals surface area (Å²) in [6.07, 6.45) is 1.56. The van der Waals surface area contributed by atoms with E-state index >= 15 is 0 Å². The lowest BCUT2D eigenvalue weighted by molar-refractivity contribution is 0.0696. The molecule has 0 spiro atoms. The van der Waals surface area contributed by atoms with Gasteiger partial charge < -0.3 is 10.4 Å². The molecule has 0 aliphatic carbocycles. The Hall–Kier alpha value is -1.91. The maximum Gasteiger partial charge on any atom is 0.338 e. The Morgan fingerprint density at radius 3 is 3.07 bits per heavy atom. The van der Waals surface area contributed by atoms with Gasteiger partial charge in [-0.15, -0.1) is 0 Å². The molecule has 72 valence electrons. The molecule has 1 aliphatic heterocycles. The van der Waals surface area contributed by atoms with E-state index in [1.807, 2.05) is 0 Å². The number of carbonyl (C=O) groups is 1. The first kappa shape index (κ1) is 8.68. The molecule has 0 saturated carbocycles. The van der Waals surface area contributed by atoms with Crippen LogP contribution in [0, 0.1) is 0 Å². The van der Waals surface area contributed by atoms with Gasteiger partial charge in [0.25, 0.3) is 0 Å². The highest BCUT2D eigenvalue weighted by molar-refractivity contribution is 6.06. The molecule has 1 aliphatic rings. The summed E-state index contributed by atoms with van der Waals surface area (Å²) in [5.41, 5.74) is 0.596. The van der Waals surface area contributed by atoms with Gasteiger partial charge in [-0.25, -0.2) is 4.79 Å². The SMILES string of the molecule is O=C(O)c1cccnc1C1=NCCN1. The molecule has 0 unspecified atom stereocenters. The van der Waals surface area contributed by atoms with Crippen LogP contribution in [0.3, 0.4) is 0 Å². The molecule has 1 aromatic rings. The number of nitrogens with zero attached hydrogens (tertiary/aromatic N) is 2. The summed E-state index contributed by atoms with van der Waals surface area (Å²) in [6.45, 7) is 1.41. The summed E-state index contributed by atoms with van der Waals surface area (Å²) in [6, 6.07) is 3.12. The fourth-order valence-electron chi connectivity index (χ4n) is 1.32. The van der Waals surface area contributed by atoms with E-state index in [-0.39, 0.29) is 5.56 Å². The predicted octanol–water partition coefficient (Wildman–Crippen LogP) is 0.130. The molecule has 0 saturated heterocycles. The van der Waals surface area contributed by atoms with Crippen LogP contribution in [0.1, 0.15) is 16.1 Å². The highest BCUT2D eigenvalue weighted by atomic mass is 16.4. The minimum absolute atomic E-state index is 0.181. The maximum absolute atomic E-state index is 10.9. The van der Waals surface area contributed by atoms with E-state index in [4.69, 9.17) is 5.11 Å². The van der Waals surface area contributed by atoms with Gasteiger partial charge in [0.1, 0.15) is 11.5 Å². The van der Waals surface area contributed by atoms with Gasteiger partial charge in [0.2, 0.25) is 0 Å². The molecule has 0 bridgehead atoms. The third-order valence-corrected chi connectivity index (χ3v) is 1.94. The molecule has 1 aromatic heterocycles. The molecule has 0 radical (unpaired) electrons. The number of rotatable bonds is 2. The van der Waals surface area contributed by atoms with E-state index in [0.29, 0.717) is 18.1 Å². The van der Waals surface area contributed by atoms with Gasteiger partial charge in [0.15, 0.2) is 0 Å². The smallest absolute Gasteiger partial charge is 0.338 e. The van der Waals surface area contributed by atoms with Crippen molar-refractivity contribution in [2.45, 2.75) is 0 Å². The Balaban J connectivity index is 2.46. The molecule has 14 heavy (non-hydrogen) atoms. The molecule has 0 fully saturated rings. The van der Waals surface area contributed by atoms with Crippen LogP contribution in [0.5, 0.6) is 0 Å². The second kappa shape index (κ2) is 3.45. The van der Waals surface area contributed by atoms with Crippen LogP contribution in [-0.4, -0.2) is 35.0 Å². The first-order valence-corrected chi connectivity index (χ1v) is 4.26. The molecular weight excluding hydrogens is 182 g/mol. The van der Waals surface area contributed by atoms with E-state index in [1.54, 1.807) is 12.3 Å². The Kier molecular flexibility index (Phi) is 2.14. The zero-order valence-corrected chi connectivity index (χ0v) is 7.40. The Morgan fingerprint density at radius 1 is 1.57 bits per heavy atom. The average molecular weight is 191 g/mol. The molecule has 0 amide bonds. The molecule has 2 heterocycles. The van der Waals surface area contributed by atoms with Crippen molar-refractivity contribution in [3.05, 3.63) is 29.6 Å². The quantitative estimate of drug-likeness (QED) is 0.696. The summed E-state index contributed by atoms with van der Waals surface area (Å²) in [5, 5.41) is 11.9. The van der Waals surface area contributed by atoms with Crippen molar-refractivity contribution in [2.75, 3.05) is 13.1 Å². The Labute approximate surface area is 80.5 Å². The highest BCUT2D eigenvalue weighted by Gasteiger charge is 2.17. The number of pyridine rings is 1. The molecule has 0 aromatic carbocycles. The minimum Gasteiger partial charge on any atom is -0.478 e. The first-order valence-electron chi connectivity index (χ1n) is 4.26. The standard InChI is InChI=1S/C9H9N3O2/c13-9(14)6-2-1-3-10-7(6)8-11-4-5-12-8/h1-3H,4-5H2,(H,11,12)(H,13,14). The van der Waals surface area contributed by atoms with Crippen LogP contribution >= 0.6 is 0 Å². The van der Waals surface area contributed by atoms with Gasteiger partial charge in [0.05, 0.1) is 12.1 Å². The van der Waals surface area contributed by atoms with Crippen molar-refractivity contribution in [3.8, 4) is 0 Å². The Bertz CT molecular complexity index is 401. The number of carboxylic acid groups (broad SMARTS) is 1. The van der Waals surface area contributed by atoms with Crippen molar-refractivity contribution in [1.29, 1.82) is 0 Å². The van der Waals surface area contributed by atoms with E-state index < -0.39 is 5.97 Å². The third-order valence-electron chi connectivity index (χ3n) is 1.94. The Morgan fingerprint density at radius 2 is 2.43 bits per heavy atom. The summed E-state index contributed by atoms with van der Waals surface area (Å²) in [5.74, 6) is -0.410. The number of hydrogen-bond donors (Lipinski definition) is 2. The second-order valence-electron chi connectivity index (χ2n) is 2.86. The molecule has 2 N–H and O–H groups in total. The highest BCUT2D eigenvalue weighted by Crippen LogP contribution is 2.07. The maximum atomic E-state index is 10.9. The first-order chi connectivity index (χ1) is 6.79. The average Bonchev–Trinajstić information content (AvgIpc) is 2.70. The van der Waals surface area contributed by atoms with Gasteiger partial charge in [-0.3, -0.25) is 9.98 Å². The van der Waals surface area contributed by atoms with Gasteiger partial charge in [-0.05, 0) is 12.1 Å². The monoisotopic (exact) mass is 191 g/mol. The van der Waals surface area contributed by atoms with Gasteiger partial charge in [-0.2, -0.15) is 0 Å². The number of aromatic nitrogens is 1. The number of aliphatic imine (C=N–C) groups is 1. The lowest BCUT2D eigenvalue weighted by atomic mass is 10.2. The number of amidine groups is 1. The molecular formula is C9H9N3O2. The number of aromatic carboxylic acids is 1. The van der Waals surface area contributed by atoms with Crippen molar-refractivity contribution in [3.63, 3.8) is 0 Å². The fourth-order valence-corrected chi connectivity index (χ4v) is 1.32. The van der Waals surface area contributed by atoms with Crippen LogP contribution < -0.4 is 5.32 Å². The normalized spacial score (nSPS) is 14.7. The summed E-state index contributed by atoms with van der Waals surface area (Å²) in [4.78, 5) is 19.0. The van der Waals surface area contributed by atoms with Crippen LogP contribution in [-0.2, 0) is 0 Å². The molecule has 2 rings (SSSR count). The van der Waals surface area contributed by atoms with Crippen molar-refractivity contribution in [2.24, 2.45) is 4.99 Å². The van der Waals surface area contributed by atoms with Crippen LogP contribution in [0.15, 0.2) is 23.3 Å². The zero-order chi connectivity index (χ0) is 9.97. The van der Waals surface area contributed by atoms with E-state index in [2.05, 4.69) is 15.3 Å². The number of carboxylic acids is 1. The van der Waals surface area contributed by atoms with Crippen LogP contribution in [0.4, 0.5) is 0 Å². The number of hydrogen-bond acceptors (Lipinski definition) is 4. The second-order valence-corrected chi connectivity index (χ2v) is 2.86. The molecule has 0 atom stereocenters. The zero-order valence-electron chi connectivity index (χ0n) is 7.40. The van der Waals surface area contributed by atoms with E-state index in [1.165, 1.54) is 6.07 Å². The lowest BCUT2D eigenvalue weighted by Gasteiger charge is -2.04. The van der Waals surface area contributed by atoms with Gasteiger partial charge in [-0.1, -0.05) is 0 Å². The number of nitrogens with one attached hydrogen (secondary N) is 1. The predicted molar refractivity (Wildman–Crippen MR) is 50.6 cm³/mol. The van der Waals surface area contributed by atoms with Crippen molar-refractivity contribution >= 4 is 11.8 Å². The molecule has 5 heteroatoms. The van der Waals surface area contributed by atoms with Gasteiger partial charge in [0, 0.05) is 12.7 Å². The van der Waals surface area contributed by atoms with Crippen molar-refractivity contribution in [1.82, 2.24) is 10.3 Å². The minimum atomic E-state index is -0.982. The van der Waals surface area contributed by atoms with Crippen LogP contribution in [0.25, 0.3) is 0 Å². The molecule has 5 nitrogen and oxygen atoms in total. The van der Waals surface area contributed by atoms with E-state index in [9.17, 15) is 4.79 Å². The summed E-state index contributed by atoms with van der Waals surface area (Å²) in [7, 11) is 0. The third kappa shape index (κ3) is 1.44.